The molecule has 0 aliphatic rings. The van der Waals surface area contributed by atoms with Crippen LogP contribution in [0.25, 0.3) is 0 Å². The molecule has 0 aliphatic heterocycles. The van der Waals surface area contributed by atoms with Gasteiger partial charge in [0.25, 0.3) is 0 Å². The molecule has 0 aliphatic carbocycles. The zero-order valence-electron chi connectivity index (χ0n) is 13.0. The van der Waals surface area contributed by atoms with E-state index >= 15 is 0 Å². The second-order valence-corrected chi connectivity index (χ2v) is 4.96. The number of nitrogens with two attached hydrogens (primary N) is 1. The molecule has 0 amide bonds. The number of guanidine groups is 1. The molecule has 1 rings (SSSR count). The lowest BCUT2D eigenvalue weighted by molar-refractivity contribution is 0.0672. The molecule has 0 heterocycles. The molecule has 1 aromatic rings. The van der Waals surface area contributed by atoms with Crippen LogP contribution >= 0.6 is 24.0 Å². The van der Waals surface area contributed by atoms with Gasteiger partial charge in [-0.15, -0.1) is 24.0 Å². The number of ether oxygens (including phenoxy) is 1. The highest BCUT2D eigenvalue weighted by atomic mass is 127. The maximum Gasteiger partial charge on any atom is 0.188 e. The van der Waals surface area contributed by atoms with Crippen molar-refractivity contribution in [3.63, 3.8) is 0 Å². The van der Waals surface area contributed by atoms with Crippen LogP contribution in [0.1, 0.15) is 25.8 Å². The standard InChI is InChI=1S/C15H24FN3O2.HI/c1-3-21-10-4-9-18-14(17)19-11-15(2,20)12-5-7-13(16)8-6-12;/h5-8,20H,3-4,9-11H2,1-2H3,(H3,17,18,19);1H. The van der Waals surface area contributed by atoms with Crippen LogP contribution in [-0.4, -0.2) is 37.4 Å². The van der Waals surface area contributed by atoms with Crippen LogP contribution in [0.2, 0.25) is 0 Å². The third kappa shape index (κ3) is 7.90. The van der Waals surface area contributed by atoms with E-state index in [1.165, 1.54) is 24.3 Å². The Labute approximate surface area is 148 Å². The highest BCUT2D eigenvalue weighted by molar-refractivity contribution is 14.0. The van der Waals surface area contributed by atoms with Gasteiger partial charge in [0, 0.05) is 19.8 Å². The number of benzene rings is 1. The molecule has 7 heteroatoms. The van der Waals surface area contributed by atoms with Gasteiger partial charge in [-0.3, -0.25) is 4.99 Å². The second-order valence-electron chi connectivity index (χ2n) is 4.96. The number of hydrogen-bond acceptors (Lipinski definition) is 3. The topological polar surface area (TPSA) is 79.9 Å². The van der Waals surface area contributed by atoms with Gasteiger partial charge in [-0.05, 0) is 38.0 Å². The summed E-state index contributed by atoms with van der Waals surface area (Å²) in [7, 11) is 0. The van der Waals surface area contributed by atoms with Crippen molar-refractivity contribution in [2.75, 3.05) is 26.3 Å². The van der Waals surface area contributed by atoms with E-state index < -0.39 is 5.60 Å². The molecule has 1 atom stereocenters. The van der Waals surface area contributed by atoms with Crippen LogP contribution in [0, 0.1) is 5.82 Å². The van der Waals surface area contributed by atoms with Crippen molar-refractivity contribution in [3.05, 3.63) is 35.6 Å². The maximum absolute atomic E-state index is 12.9. The summed E-state index contributed by atoms with van der Waals surface area (Å²) in [6.45, 7) is 5.69. The first-order chi connectivity index (χ1) is 9.95. The summed E-state index contributed by atoms with van der Waals surface area (Å²) in [6, 6.07) is 5.69. The fourth-order valence-corrected chi connectivity index (χ4v) is 1.73. The van der Waals surface area contributed by atoms with Gasteiger partial charge in [-0.25, -0.2) is 4.39 Å². The van der Waals surface area contributed by atoms with E-state index in [0.29, 0.717) is 25.3 Å². The van der Waals surface area contributed by atoms with Crippen molar-refractivity contribution in [2.24, 2.45) is 10.7 Å². The van der Waals surface area contributed by atoms with Crippen molar-refractivity contribution in [2.45, 2.75) is 25.9 Å². The molecular weight excluding hydrogens is 400 g/mol. The Kier molecular flexibility index (Phi) is 10.3. The highest BCUT2D eigenvalue weighted by Gasteiger charge is 2.22. The van der Waals surface area contributed by atoms with Crippen LogP contribution in [0.15, 0.2) is 29.3 Å². The van der Waals surface area contributed by atoms with Gasteiger partial charge in [0.15, 0.2) is 5.96 Å². The van der Waals surface area contributed by atoms with Crippen LogP contribution in [0.5, 0.6) is 0 Å². The molecule has 0 saturated carbocycles. The van der Waals surface area contributed by atoms with Crippen LogP contribution in [0.4, 0.5) is 4.39 Å². The van der Waals surface area contributed by atoms with E-state index in [2.05, 4.69) is 10.3 Å². The summed E-state index contributed by atoms with van der Waals surface area (Å²) in [5, 5.41) is 13.3. The predicted octanol–water partition coefficient (Wildman–Crippen LogP) is 1.98. The molecule has 22 heavy (non-hydrogen) atoms. The van der Waals surface area contributed by atoms with E-state index in [-0.39, 0.29) is 42.3 Å². The van der Waals surface area contributed by atoms with E-state index in [9.17, 15) is 9.50 Å². The lowest BCUT2D eigenvalue weighted by atomic mass is 9.96. The minimum Gasteiger partial charge on any atom is -0.384 e. The number of nitrogens with one attached hydrogen (secondary N) is 1. The minimum atomic E-state index is -1.19. The molecule has 1 unspecified atom stereocenters. The Morgan fingerprint density at radius 1 is 1.41 bits per heavy atom. The highest BCUT2D eigenvalue weighted by Crippen LogP contribution is 2.20. The normalized spacial score (nSPS) is 14.1. The molecule has 5 nitrogen and oxygen atoms in total. The van der Waals surface area contributed by atoms with Crippen molar-refractivity contribution in [3.8, 4) is 0 Å². The Bertz CT molecular complexity index is 453. The summed E-state index contributed by atoms with van der Waals surface area (Å²) in [5.41, 5.74) is 5.13. The molecule has 0 bridgehead atoms. The molecule has 0 radical (unpaired) electrons. The van der Waals surface area contributed by atoms with Gasteiger partial charge < -0.3 is 20.9 Å². The summed E-state index contributed by atoms with van der Waals surface area (Å²) < 4.78 is 18.1. The molecule has 4 N–H and O–H groups in total. The first-order valence-corrected chi connectivity index (χ1v) is 7.05. The van der Waals surface area contributed by atoms with E-state index in [0.717, 1.165) is 6.42 Å². The van der Waals surface area contributed by atoms with Gasteiger partial charge in [-0.2, -0.15) is 0 Å². The molecule has 0 fully saturated rings. The number of nitrogens with zero attached hydrogens (tertiary/aromatic N) is 1. The monoisotopic (exact) mass is 425 g/mol. The quantitative estimate of drug-likeness (QED) is 0.258. The third-order valence-electron chi connectivity index (χ3n) is 3.00. The Balaban J connectivity index is 0.00000441. The van der Waals surface area contributed by atoms with E-state index in [4.69, 9.17) is 10.5 Å². The molecule has 1 aromatic carbocycles. The minimum absolute atomic E-state index is 0. The maximum atomic E-state index is 12.9. The predicted molar refractivity (Wildman–Crippen MR) is 97.0 cm³/mol. The smallest absolute Gasteiger partial charge is 0.188 e. The summed E-state index contributed by atoms with van der Waals surface area (Å²) in [4.78, 5) is 4.11. The molecule has 0 spiro atoms. The Morgan fingerprint density at radius 3 is 2.64 bits per heavy atom. The largest absolute Gasteiger partial charge is 0.384 e. The summed E-state index contributed by atoms with van der Waals surface area (Å²) in [5.74, 6) is -0.0672. The van der Waals surface area contributed by atoms with Crippen LogP contribution in [-0.2, 0) is 10.3 Å². The van der Waals surface area contributed by atoms with Crippen LogP contribution in [0.3, 0.4) is 0 Å². The molecule has 0 aromatic heterocycles. The van der Waals surface area contributed by atoms with Crippen molar-refractivity contribution in [1.82, 2.24) is 5.32 Å². The molecule has 126 valence electrons. The number of halogens is 2. The van der Waals surface area contributed by atoms with Crippen molar-refractivity contribution >= 4 is 29.9 Å². The van der Waals surface area contributed by atoms with Crippen molar-refractivity contribution in [1.29, 1.82) is 0 Å². The van der Waals surface area contributed by atoms with Crippen LogP contribution < -0.4 is 11.1 Å². The Hall–Kier alpha value is -0.930. The third-order valence-corrected chi connectivity index (χ3v) is 3.00. The first-order valence-electron chi connectivity index (χ1n) is 7.05. The number of aliphatic imine (C=N–C) groups is 1. The van der Waals surface area contributed by atoms with Gasteiger partial charge in [0.2, 0.25) is 0 Å². The van der Waals surface area contributed by atoms with Gasteiger partial charge in [0.05, 0.1) is 6.54 Å². The van der Waals surface area contributed by atoms with Gasteiger partial charge in [0.1, 0.15) is 11.4 Å². The molecule has 0 saturated heterocycles. The fraction of sp³-hybridized carbons (Fsp3) is 0.533. The second kappa shape index (κ2) is 10.7. The molecular formula is C15H25FIN3O2. The zero-order valence-corrected chi connectivity index (χ0v) is 15.3. The average Bonchev–Trinajstić information content (AvgIpc) is 2.45. The summed E-state index contributed by atoms with van der Waals surface area (Å²) in [6.07, 6.45) is 0.832. The van der Waals surface area contributed by atoms with E-state index in [1.807, 2.05) is 6.92 Å². The number of hydrogen-bond donors (Lipinski definition) is 3. The average molecular weight is 425 g/mol. The van der Waals surface area contributed by atoms with Crippen molar-refractivity contribution < 1.29 is 14.2 Å². The zero-order chi connectivity index (χ0) is 15.7. The van der Waals surface area contributed by atoms with Gasteiger partial charge >= 0.3 is 0 Å². The number of aliphatic hydroxyl groups is 1. The number of rotatable bonds is 8. The lowest BCUT2D eigenvalue weighted by Crippen LogP contribution is -2.35. The van der Waals surface area contributed by atoms with E-state index in [1.54, 1.807) is 6.92 Å². The SMILES string of the molecule is CCOCCCNC(N)=NCC(C)(O)c1ccc(F)cc1.I. The lowest BCUT2D eigenvalue weighted by Gasteiger charge is -2.22. The van der Waals surface area contributed by atoms with Gasteiger partial charge in [-0.1, -0.05) is 12.1 Å². The summed E-state index contributed by atoms with van der Waals surface area (Å²) >= 11 is 0. The Morgan fingerprint density at radius 2 is 2.05 bits per heavy atom. The first kappa shape index (κ1) is 21.1. The fourth-order valence-electron chi connectivity index (χ4n) is 1.73.